The summed E-state index contributed by atoms with van der Waals surface area (Å²) in [4.78, 5) is 11.4. The van der Waals surface area contributed by atoms with Crippen molar-refractivity contribution < 1.29 is 4.79 Å². The summed E-state index contributed by atoms with van der Waals surface area (Å²) in [6.45, 7) is 3.94. The lowest BCUT2D eigenvalue weighted by atomic mass is 9.59. The fourth-order valence-electron chi connectivity index (χ4n) is 3.13. The highest BCUT2D eigenvalue weighted by Crippen LogP contribution is 2.50. The normalized spacial score (nSPS) is 39.7. The van der Waals surface area contributed by atoms with Crippen LogP contribution in [0, 0.1) is 11.3 Å². The van der Waals surface area contributed by atoms with Gasteiger partial charge in [0, 0.05) is 12.8 Å². The number of allylic oxidation sites excluding steroid dienone is 1. The number of hydrogen-bond acceptors (Lipinski definition) is 1. The molecule has 0 radical (unpaired) electrons. The van der Waals surface area contributed by atoms with Crippen LogP contribution >= 0.6 is 0 Å². The highest BCUT2D eigenvalue weighted by Gasteiger charge is 2.42. The van der Waals surface area contributed by atoms with Crippen molar-refractivity contribution in [1.82, 2.24) is 0 Å². The van der Waals surface area contributed by atoms with Crippen molar-refractivity contribution in [2.45, 2.75) is 44.9 Å². The number of ketones is 1. The fourth-order valence-corrected chi connectivity index (χ4v) is 3.13. The summed E-state index contributed by atoms with van der Waals surface area (Å²) >= 11 is 0. The Morgan fingerprint density at radius 1 is 1.38 bits per heavy atom. The van der Waals surface area contributed by atoms with E-state index in [4.69, 9.17) is 0 Å². The Morgan fingerprint density at radius 2 is 2.23 bits per heavy atom. The Balaban J connectivity index is 2.21. The zero-order valence-electron chi connectivity index (χ0n) is 8.22. The van der Waals surface area contributed by atoms with Crippen molar-refractivity contribution in [1.29, 1.82) is 0 Å². The van der Waals surface area contributed by atoms with E-state index in [-0.39, 0.29) is 5.41 Å². The van der Waals surface area contributed by atoms with Gasteiger partial charge in [0.1, 0.15) is 5.78 Å². The first-order valence-electron chi connectivity index (χ1n) is 5.42. The lowest BCUT2D eigenvalue weighted by Gasteiger charge is -2.44. The van der Waals surface area contributed by atoms with Gasteiger partial charge in [-0.1, -0.05) is 18.9 Å². The highest BCUT2D eigenvalue weighted by atomic mass is 16.1. The van der Waals surface area contributed by atoms with E-state index in [2.05, 4.69) is 12.7 Å². The summed E-state index contributed by atoms with van der Waals surface area (Å²) < 4.78 is 0. The van der Waals surface area contributed by atoms with Gasteiger partial charge in [0.2, 0.25) is 0 Å². The van der Waals surface area contributed by atoms with Crippen molar-refractivity contribution in [2.24, 2.45) is 11.3 Å². The molecule has 2 saturated carbocycles. The van der Waals surface area contributed by atoms with Crippen LogP contribution in [0.4, 0.5) is 0 Å². The Bertz CT molecular complexity index is 231. The summed E-state index contributed by atoms with van der Waals surface area (Å²) in [6, 6.07) is 0. The van der Waals surface area contributed by atoms with E-state index >= 15 is 0 Å². The number of carbonyl (C=O) groups excluding carboxylic acids is 1. The monoisotopic (exact) mass is 178 g/mol. The predicted molar refractivity (Wildman–Crippen MR) is 53.4 cm³/mol. The van der Waals surface area contributed by atoms with Crippen LogP contribution < -0.4 is 0 Å². The molecule has 1 nitrogen and oxygen atoms in total. The average Bonchev–Trinajstić information content (AvgIpc) is 2.17. The van der Waals surface area contributed by atoms with Gasteiger partial charge in [0.05, 0.1) is 0 Å². The minimum atomic E-state index is 0.202. The largest absolute Gasteiger partial charge is 0.300 e. The van der Waals surface area contributed by atoms with Crippen LogP contribution in [0.1, 0.15) is 44.9 Å². The molecule has 2 aliphatic carbocycles. The lowest BCUT2D eigenvalue weighted by molar-refractivity contribution is -0.125. The van der Waals surface area contributed by atoms with Gasteiger partial charge < -0.3 is 0 Å². The first-order valence-corrected chi connectivity index (χ1v) is 5.42. The first kappa shape index (κ1) is 8.98. The minimum Gasteiger partial charge on any atom is -0.300 e. The molecule has 0 aromatic rings. The molecule has 0 amide bonds. The molecule has 2 fully saturated rings. The zero-order valence-corrected chi connectivity index (χ0v) is 8.22. The molecule has 2 aliphatic rings. The van der Waals surface area contributed by atoms with Gasteiger partial charge in [0.15, 0.2) is 0 Å². The molecule has 0 unspecified atom stereocenters. The second-order valence-corrected chi connectivity index (χ2v) is 4.63. The van der Waals surface area contributed by atoms with E-state index in [1.165, 1.54) is 25.7 Å². The third kappa shape index (κ3) is 1.45. The zero-order chi connectivity index (χ0) is 9.31. The van der Waals surface area contributed by atoms with E-state index in [1.54, 1.807) is 0 Å². The SMILES string of the molecule is C=C[C@@]12CCCC[C@@H]1CCC(=O)C2. The fraction of sp³-hybridized carbons (Fsp3) is 0.750. The van der Waals surface area contributed by atoms with Gasteiger partial charge in [-0.05, 0) is 30.6 Å². The Hall–Kier alpha value is -0.590. The van der Waals surface area contributed by atoms with Crippen LogP contribution in [0.5, 0.6) is 0 Å². The van der Waals surface area contributed by atoms with Crippen molar-refractivity contribution in [3.05, 3.63) is 12.7 Å². The predicted octanol–water partition coefficient (Wildman–Crippen LogP) is 3.10. The lowest BCUT2D eigenvalue weighted by Crippen LogP contribution is -2.38. The molecule has 0 bridgehead atoms. The maximum atomic E-state index is 11.4. The van der Waals surface area contributed by atoms with E-state index in [0.29, 0.717) is 5.78 Å². The van der Waals surface area contributed by atoms with Crippen LogP contribution in [0.3, 0.4) is 0 Å². The first-order chi connectivity index (χ1) is 6.27. The van der Waals surface area contributed by atoms with Gasteiger partial charge in [-0.3, -0.25) is 4.79 Å². The number of hydrogen-bond donors (Lipinski definition) is 0. The minimum absolute atomic E-state index is 0.202. The molecule has 0 aliphatic heterocycles. The molecule has 0 aromatic heterocycles. The Morgan fingerprint density at radius 3 is 3.00 bits per heavy atom. The quantitative estimate of drug-likeness (QED) is 0.564. The number of fused-ring (bicyclic) bond motifs is 1. The van der Waals surface area contributed by atoms with Crippen LogP contribution in [-0.2, 0) is 4.79 Å². The van der Waals surface area contributed by atoms with Gasteiger partial charge in [-0.25, -0.2) is 0 Å². The average molecular weight is 178 g/mol. The molecule has 0 heterocycles. The Kier molecular flexibility index (Phi) is 2.27. The van der Waals surface area contributed by atoms with Crippen LogP contribution in [0.15, 0.2) is 12.7 Å². The third-order valence-electron chi connectivity index (χ3n) is 3.96. The van der Waals surface area contributed by atoms with Crippen molar-refractivity contribution in [3.8, 4) is 0 Å². The molecule has 0 saturated heterocycles. The summed E-state index contributed by atoms with van der Waals surface area (Å²) in [7, 11) is 0. The topological polar surface area (TPSA) is 17.1 Å². The summed E-state index contributed by atoms with van der Waals surface area (Å²) in [5.41, 5.74) is 0.202. The number of carbonyl (C=O) groups is 1. The van der Waals surface area contributed by atoms with Crippen molar-refractivity contribution in [2.75, 3.05) is 0 Å². The second kappa shape index (κ2) is 3.28. The van der Waals surface area contributed by atoms with E-state index in [9.17, 15) is 4.79 Å². The maximum absolute atomic E-state index is 11.4. The molecule has 0 aromatic carbocycles. The molecule has 2 rings (SSSR count). The van der Waals surface area contributed by atoms with Gasteiger partial charge in [0.25, 0.3) is 0 Å². The summed E-state index contributed by atoms with van der Waals surface area (Å²) in [6.07, 6.45) is 9.95. The molecular formula is C12H18O. The number of Topliss-reactive ketones (excluding diaryl/α,β-unsaturated/α-hetero) is 1. The van der Waals surface area contributed by atoms with Crippen molar-refractivity contribution >= 4 is 5.78 Å². The standard InChI is InChI=1S/C12H18O/c1-2-12-8-4-3-5-10(12)6-7-11(13)9-12/h2,10H,1,3-9H2/t10-,12+/m1/s1. The van der Waals surface area contributed by atoms with Crippen molar-refractivity contribution in [3.63, 3.8) is 0 Å². The van der Waals surface area contributed by atoms with E-state index < -0.39 is 0 Å². The van der Waals surface area contributed by atoms with E-state index in [0.717, 1.165) is 25.2 Å². The molecule has 13 heavy (non-hydrogen) atoms. The number of rotatable bonds is 1. The van der Waals surface area contributed by atoms with Crippen LogP contribution in [0.25, 0.3) is 0 Å². The van der Waals surface area contributed by atoms with Gasteiger partial charge in [-0.2, -0.15) is 0 Å². The molecule has 72 valence electrons. The summed E-state index contributed by atoms with van der Waals surface area (Å²) in [5, 5.41) is 0. The smallest absolute Gasteiger partial charge is 0.133 e. The molecule has 0 N–H and O–H groups in total. The summed E-state index contributed by atoms with van der Waals surface area (Å²) in [5.74, 6) is 1.22. The molecule has 2 atom stereocenters. The molecule has 1 heteroatoms. The van der Waals surface area contributed by atoms with Gasteiger partial charge >= 0.3 is 0 Å². The third-order valence-corrected chi connectivity index (χ3v) is 3.96. The molecule has 0 spiro atoms. The Labute approximate surface area is 80.2 Å². The maximum Gasteiger partial charge on any atom is 0.133 e. The van der Waals surface area contributed by atoms with Gasteiger partial charge in [-0.15, -0.1) is 6.58 Å². The highest BCUT2D eigenvalue weighted by molar-refractivity contribution is 5.80. The van der Waals surface area contributed by atoms with Crippen LogP contribution in [-0.4, -0.2) is 5.78 Å². The van der Waals surface area contributed by atoms with E-state index in [1.807, 2.05) is 0 Å². The van der Waals surface area contributed by atoms with Crippen LogP contribution in [0.2, 0.25) is 0 Å². The second-order valence-electron chi connectivity index (χ2n) is 4.63. The molecular weight excluding hydrogens is 160 g/mol.